The molecule has 0 saturated carbocycles. The van der Waals surface area contributed by atoms with Crippen molar-refractivity contribution in [3.63, 3.8) is 0 Å². The average molecular weight is 275 g/mol. The lowest BCUT2D eigenvalue weighted by Gasteiger charge is -2.37. The number of hydrogen-bond acceptors (Lipinski definition) is 1. The van der Waals surface area contributed by atoms with Gasteiger partial charge in [-0.15, -0.1) is 0 Å². The van der Waals surface area contributed by atoms with E-state index in [0.29, 0.717) is 18.0 Å². The number of allylic oxidation sites excluding steroid dienone is 3. The van der Waals surface area contributed by atoms with Crippen LogP contribution >= 0.6 is 0 Å². The molecular formula is C19H33N. The van der Waals surface area contributed by atoms with Crippen molar-refractivity contribution in [1.82, 2.24) is 4.90 Å². The van der Waals surface area contributed by atoms with Crippen LogP contribution in [0.1, 0.15) is 59.8 Å². The van der Waals surface area contributed by atoms with Crippen molar-refractivity contribution in [3.05, 3.63) is 36.0 Å². The van der Waals surface area contributed by atoms with Gasteiger partial charge in [-0.05, 0) is 44.7 Å². The average Bonchev–Trinajstić information content (AvgIpc) is 2.99. The molecule has 3 atom stereocenters. The topological polar surface area (TPSA) is 3.24 Å². The van der Waals surface area contributed by atoms with Crippen molar-refractivity contribution in [2.24, 2.45) is 5.92 Å². The van der Waals surface area contributed by atoms with Crippen LogP contribution in [0, 0.1) is 5.92 Å². The molecule has 0 aliphatic heterocycles. The molecule has 1 rings (SSSR count). The van der Waals surface area contributed by atoms with Crippen LogP contribution in [0.5, 0.6) is 0 Å². The van der Waals surface area contributed by atoms with Gasteiger partial charge in [0.25, 0.3) is 0 Å². The standard InChI is InChI=1S/C19H33N/c1-6-9-10-13-17(8-3)19(16(4)7-2)20(5)18-14-11-12-15-18/h8,10-11,13-14,16,18-19H,6-7,9,12,15H2,1-5H3/b13-10-,17-8+. The molecule has 0 aromatic carbocycles. The van der Waals surface area contributed by atoms with Gasteiger partial charge in [0, 0.05) is 12.1 Å². The number of hydrogen-bond donors (Lipinski definition) is 0. The Bertz CT molecular complexity index is 351. The first-order chi connectivity index (χ1) is 9.65. The Hall–Kier alpha value is -0.820. The van der Waals surface area contributed by atoms with Crippen LogP contribution in [-0.4, -0.2) is 24.0 Å². The van der Waals surface area contributed by atoms with E-state index in [9.17, 15) is 0 Å². The van der Waals surface area contributed by atoms with E-state index in [1.807, 2.05) is 0 Å². The summed E-state index contributed by atoms with van der Waals surface area (Å²) >= 11 is 0. The summed E-state index contributed by atoms with van der Waals surface area (Å²) < 4.78 is 0. The summed E-state index contributed by atoms with van der Waals surface area (Å²) in [5.41, 5.74) is 1.48. The first-order valence-electron chi connectivity index (χ1n) is 8.36. The maximum atomic E-state index is 2.59. The molecule has 1 aliphatic rings. The van der Waals surface area contributed by atoms with Crippen molar-refractivity contribution < 1.29 is 0 Å². The van der Waals surface area contributed by atoms with Gasteiger partial charge in [-0.2, -0.15) is 0 Å². The van der Waals surface area contributed by atoms with E-state index in [2.05, 4.69) is 70.0 Å². The molecule has 1 heteroatoms. The smallest absolute Gasteiger partial charge is 0.0373 e. The highest BCUT2D eigenvalue weighted by Gasteiger charge is 2.28. The molecule has 3 unspecified atom stereocenters. The van der Waals surface area contributed by atoms with Crippen LogP contribution in [0.2, 0.25) is 0 Å². The Kier molecular flexibility index (Phi) is 7.91. The van der Waals surface area contributed by atoms with Crippen LogP contribution < -0.4 is 0 Å². The zero-order valence-electron chi connectivity index (χ0n) is 14.1. The maximum absolute atomic E-state index is 2.59. The molecule has 0 bridgehead atoms. The van der Waals surface area contributed by atoms with E-state index in [1.165, 1.54) is 37.7 Å². The van der Waals surface area contributed by atoms with Crippen LogP contribution in [-0.2, 0) is 0 Å². The highest BCUT2D eigenvalue weighted by molar-refractivity contribution is 5.26. The second-order valence-electron chi connectivity index (χ2n) is 6.05. The van der Waals surface area contributed by atoms with Crippen LogP contribution in [0.3, 0.4) is 0 Å². The highest BCUT2D eigenvalue weighted by Crippen LogP contribution is 2.27. The second-order valence-corrected chi connectivity index (χ2v) is 6.05. The first-order valence-corrected chi connectivity index (χ1v) is 8.36. The maximum Gasteiger partial charge on any atom is 0.0373 e. The number of nitrogens with zero attached hydrogens (tertiary/aromatic N) is 1. The van der Waals surface area contributed by atoms with Crippen LogP contribution in [0.4, 0.5) is 0 Å². The van der Waals surface area contributed by atoms with Gasteiger partial charge >= 0.3 is 0 Å². The quantitative estimate of drug-likeness (QED) is 0.426. The minimum atomic E-state index is 0.533. The molecule has 114 valence electrons. The molecule has 0 radical (unpaired) electrons. The Morgan fingerprint density at radius 3 is 2.65 bits per heavy atom. The summed E-state index contributed by atoms with van der Waals surface area (Å²) in [5, 5.41) is 0. The van der Waals surface area contributed by atoms with Crippen LogP contribution in [0.25, 0.3) is 0 Å². The minimum Gasteiger partial charge on any atom is -0.293 e. The van der Waals surface area contributed by atoms with E-state index < -0.39 is 0 Å². The second kappa shape index (κ2) is 9.18. The molecule has 0 N–H and O–H groups in total. The van der Waals surface area contributed by atoms with Crippen molar-refractivity contribution in [2.75, 3.05) is 7.05 Å². The summed E-state index contributed by atoms with van der Waals surface area (Å²) in [4.78, 5) is 2.59. The van der Waals surface area contributed by atoms with Gasteiger partial charge in [0.15, 0.2) is 0 Å². The Morgan fingerprint density at radius 2 is 2.15 bits per heavy atom. The van der Waals surface area contributed by atoms with E-state index in [-0.39, 0.29) is 0 Å². The Morgan fingerprint density at radius 1 is 1.40 bits per heavy atom. The molecule has 1 nitrogen and oxygen atoms in total. The fourth-order valence-corrected chi connectivity index (χ4v) is 3.10. The molecule has 0 aromatic rings. The summed E-state index contributed by atoms with van der Waals surface area (Å²) in [6, 6.07) is 1.15. The van der Waals surface area contributed by atoms with Crippen molar-refractivity contribution >= 4 is 0 Å². The number of rotatable bonds is 8. The lowest BCUT2D eigenvalue weighted by atomic mass is 9.89. The largest absolute Gasteiger partial charge is 0.293 e. The minimum absolute atomic E-state index is 0.533. The van der Waals surface area contributed by atoms with Gasteiger partial charge in [0.1, 0.15) is 0 Å². The van der Waals surface area contributed by atoms with Gasteiger partial charge in [0.2, 0.25) is 0 Å². The predicted molar refractivity (Wildman–Crippen MR) is 91.0 cm³/mol. The fourth-order valence-electron chi connectivity index (χ4n) is 3.10. The SMILES string of the molecule is C/C=C(\C=C/CCC)C(C(C)CC)N(C)C1C=CCC1. The lowest BCUT2D eigenvalue weighted by Crippen LogP contribution is -2.43. The Labute approximate surface area is 126 Å². The predicted octanol–water partition coefficient (Wildman–Crippen LogP) is 5.35. The third kappa shape index (κ3) is 4.63. The number of likely N-dealkylation sites (N-methyl/N-ethyl adjacent to an activating group) is 1. The van der Waals surface area contributed by atoms with E-state index in [4.69, 9.17) is 0 Å². The van der Waals surface area contributed by atoms with Crippen molar-refractivity contribution in [1.29, 1.82) is 0 Å². The third-order valence-electron chi connectivity index (χ3n) is 4.57. The molecule has 0 fully saturated rings. The molecule has 0 amide bonds. The van der Waals surface area contributed by atoms with E-state index in [1.54, 1.807) is 0 Å². The normalized spacial score (nSPS) is 22.9. The molecule has 0 saturated heterocycles. The van der Waals surface area contributed by atoms with Gasteiger partial charge in [-0.25, -0.2) is 0 Å². The zero-order chi connectivity index (χ0) is 15.0. The van der Waals surface area contributed by atoms with Crippen LogP contribution in [0.15, 0.2) is 36.0 Å². The summed E-state index contributed by atoms with van der Waals surface area (Å²) in [7, 11) is 2.30. The molecule has 0 heterocycles. The van der Waals surface area contributed by atoms with Gasteiger partial charge in [-0.1, -0.05) is 64.0 Å². The van der Waals surface area contributed by atoms with Crippen molar-refractivity contribution in [2.45, 2.75) is 71.9 Å². The van der Waals surface area contributed by atoms with Gasteiger partial charge in [-0.3, -0.25) is 4.90 Å². The summed E-state index contributed by atoms with van der Waals surface area (Å²) in [6.45, 7) is 9.11. The Balaban J connectivity index is 2.88. The zero-order valence-corrected chi connectivity index (χ0v) is 14.1. The first kappa shape index (κ1) is 17.2. The van der Waals surface area contributed by atoms with E-state index in [0.717, 1.165) is 0 Å². The molecule has 0 aromatic heterocycles. The lowest BCUT2D eigenvalue weighted by molar-refractivity contribution is 0.177. The van der Waals surface area contributed by atoms with E-state index >= 15 is 0 Å². The molecule has 20 heavy (non-hydrogen) atoms. The summed E-state index contributed by atoms with van der Waals surface area (Å²) in [5.74, 6) is 0.687. The van der Waals surface area contributed by atoms with Gasteiger partial charge < -0.3 is 0 Å². The molecule has 0 spiro atoms. The van der Waals surface area contributed by atoms with Crippen molar-refractivity contribution in [3.8, 4) is 0 Å². The number of unbranched alkanes of at least 4 members (excludes halogenated alkanes) is 1. The highest BCUT2D eigenvalue weighted by atomic mass is 15.2. The van der Waals surface area contributed by atoms with Gasteiger partial charge in [0.05, 0.1) is 0 Å². The fraction of sp³-hybridized carbons (Fsp3) is 0.684. The molecular weight excluding hydrogens is 242 g/mol. The monoisotopic (exact) mass is 275 g/mol. The molecule has 1 aliphatic carbocycles. The summed E-state index contributed by atoms with van der Waals surface area (Å²) in [6.07, 6.45) is 17.9. The third-order valence-corrected chi connectivity index (χ3v) is 4.57.